The van der Waals surface area contributed by atoms with Crippen LogP contribution in [-0.4, -0.2) is 17.1 Å². The van der Waals surface area contributed by atoms with E-state index < -0.39 is 11.8 Å². The number of hydrogen-bond acceptors (Lipinski definition) is 2. The summed E-state index contributed by atoms with van der Waals surface area (Å²) in [5.74, 6) is -1.83. The van der Waals surface area contributed by atoms with Gasteiger partial charge in [0.25, 0.3) is 0 Å². The molecule has 0 saturated carbocycles. The van der Waals surface area contributed by atoms with Crippen molar-refractivity contribution in [3.8, 4) is 0 Å². The largest absolute Gasteiger partial charge is 0.481 e. The second kappa shape index (κ2) is 5.27. The van der Waals surface area contributed by atoms with Gasteiger partial charge in [-0.25, -0.2) is 4.39 Å². The van der Waals surface area contributed by atoms with Crippen LogP contribution in [-0.2, 0) is 4.79 Å². The van der Waals surface area contributed by atoms with Gasteiger partial charge in [-0.3, -0.25) is 4.79 Å². The van der Waals surface area contributed by atoms with Crippen molar-refractivity contribution in [1.29, 1.82) is 0 Å². The molecule has 0 heterocycles. The van der Waals surface area contributed by atoms with Crippen molar-refractivity contribution >= 4 is 17.6 Å². The molecule has 0 radical (unpaired) electrons. The Bertz CT molecular complexity index is 396. The highest BCUT2D eigenvalue weighted by Gasteiger charge is 2.20. The van der Waals surface area contributed by atoms with Crippen LogP contribution in [0.5, 0.6) is 0 Å². The van der Waals surface area contributed by atoms with Crippen LogP contribution in [0.2, 0.25) is 5.02 Å². The molecule has 0 fully saturated rings. The fraction of sp³-hybridized carbons (Fsp3) is 0.364. The van der Waals surface area contributed by atoms with E-state index in [1.165, 1.54) is 18.2 Å². The molecular weight excluding hydrogens is 233 g/mol. The average Bonchev–Trinajstić information content (AvgIpc) is 2.18. The van der Waals surface area contributed by atoms with Crippen LogP contribution in [0.4, 0.5) is 4.39 Å². The van der Waals surface area contributed by atoms with Gasteiger partial charge in [0, 0.05) is 12.0 Å². The molecule has 0 aliphatic rings. The standard InChI is InChI=1S/C11H13ClFNO2/c1-6(14)8(5-11(15)16)7-2-3-10(13)9(12)4-7/h2-4,6,8H,5,14H2,1H3,(H,15,16). The van der Waals surface area contributed by atoms with Gasteiger partial charge < -0.3 is 10.8 Å². The van der Waals surface area contributed by atoms with Gasteiger partial charge in [0.1, 0.15) is 5.82 Å². The first-order valence-corrected chi connectivity index (χ1v) is 5.22. The van der Waals surface area contributed by atoms with E-state index in [-0.39, 0.29) is 23.4 Å². The lowest BCUT2D eigenvalue weighted by molar-refractivity contribution is -0.137. The number of benzene rings is 1. The summed E-state index contributed by atoms with van der Waals surface area (Å²) in [6.45, 7) is 1.71. The molecule has 1 rings (SSSR count). The molecule has 5 heteroatoms. The highest BCUT2D eigenvalue weighted by Crippen LogP contribution is 2.26. The van der Waals surface area contributed by atoms with Gasteiger partial charge >= 0.3 is 5.97 Å². The van der Waals surface area contributed by atoms with Crippen LogP contribution < -0.4 is 5.73 Å². The SMILES string of the molecule is CC(N)C(CC(=O)O)c1ccc(F)c(Cl)c1. The molecule has 2 atom stereocenters. The Balaban J connectivity index is 3.01. The number of nitrogens with two attached hydrogens (primary N) is 1. The van der Waals surface area contributed by atoms with Crippen LogP contribution in [0, 0.1) is 5.82 Å². The molecule has 3 nitrogen and oxygen atoms in total. The number of halogens is 2. The van der Waals surface area contributed by atoms with Gasteiger partial charge in [-0.15, -0.1) is 0 Å². The molecule has 88 valence electrons. The van der Waals surface area contributed by atoms with Gasteiger partial charge in [0.2, 0.25) is 0 Å². The average molecular weight is 246 g/mol. The lowest BCUT2D eigenvalue weighted by Crippen LogP contribution is -2.26. The normalized spacial score (nSPS) is 14.5. The number of carboxylic acid groups (broad SMARTS) is 1. The van der Waals surface area contributed by atoms with Gasteiger partial charge in [-0.1, -0.05) is 17.7 Å². The lowest BCUT2D eigenvalue weighted by Gasteiger charge is -2.19. The summed E-state index contributed by atoms with van der Waals surface area (Å²) in [4.78, 5) is 10.7. The number of aliphatic carboxylic acids is 1. The molecule has 0 aliphatic carbocycles. The third-order valence-corrected chi connectivity index (χ3v) is 2.69. The molecule has 16 heavy (non-hydrogen) atoms. The minimum atomic E-state index is -0.942. The van der Waals surface area contributed by atoms with Crippen LogP contribution in [0.3, 0.4) is 0 Å². The number of carbonyl (C=O) groups is 1. The minimum Gasteiger partial charge on any atom is -0.481 e. The molecule has 0 bridgehead atoms. The maximum Gasteiger partial charge on any atom is 0.304 e. The Hall–Kier alpha value is -1.13. The second-order valence-corrected chi connectivity index (χ2v) is 4.14. The minimum absolute atomic E-state index is 0.0199. The fourth-order valence-electron chi connectivity index (χ4n) is 1.54. The van der Waals surface area contributed by atoms with Crippen LogP contribution in [0.25, 0.3) is 0 Å². The van der Waals surface area contributed by atoms with Crippen molar-refractivity contribution in [2.24, 2.45) is 5.73 Å². The first-order chi connectivity index (χ1) is 7.41. The summed E-state index contributed by atoms with van der Waals surface area (Å²) in [5.41, 5.74) is 6.35. The van der Waals surface area contributed by atoms with Crippen molar-refractivity contribution in [3.05, 3.63) is 34.6 Å². The first-order valence-electron chi connectivity index (χ1n) is 4.84. The zero-order chi connectivity index (χ0) is 12.3. The Morgan fingerprint density at radius 1 is 1.62 bits per heavy atom. The molecular formula is C11H13ClFNO2. The van der Waals surface area contributed by atoms with Crippen LogP contribution in [0.1, 0.15) is 24.8 Å². The molecule has 0 aliphatic heterocycles. The van der Waals surface area contributed by atoms with E-state index in [1.54, 1.807) is 6.92 Å². The first kappa shape index (κ1) is 12.9. The molecule has 2 unspecified atom stereocenters. The van der Waals surface area contributed by atoms with Crippen molar-refractivity contribution in [1.82, 2.24) is 0 Å². The smallest absolute Gasteiger partial charge is 0.304 e. The van der Waals surface area contributed by atoms with Gasteiger partial charge in [0.05, 0.1) is 11.4 Å². The predicted molar refractivity (Wildman–Crippen MR) is 60.1 cm³/mol. The quantitative estimate of drug-likeness (QED) is 0.856. The Morgan fingerprint density at radius 2 is 2.25 bits per heavy atom. The van der Waals surface area contributed by atoms with E-state index in [1.807, 2.05) is 0 Å². The number of hydrogen-bond donors (Lipinski definition) is 2. The van der Waals surface area contributed by atoms with E-state index >= 15 is 0 Å². The van der Waals surface area contributed by atoms with E-state index in [2.05, 4.69) is 0 Å². The molecule has 1 aromatic carbocycles. The summed E-state index contributed by atoms with van der Waals surface area (Å²) in [6.07, 6.45) is -0.0976. The summed E-state index contributed by atoms with van der Waals surface area (Å²) >= 11 is 5.64. The van der Waals surface area contributed by atoms with Crippen molar-refractivity contribution in [2.75, 3.05) is 0 Å². The highest BCUT2D eigenvalue weighted by atomic mass is 35.5. The maximum absolute atomic E-state index is 12.9. The van der Waals surface area contributed by atoms with E-state index in [0.717, 1.165) is 0 Å². The van der Waals surface area contributed by atoms with Crippen molar-refractivity contribution in [2.45, 2.75) is 25.3 Å². The van der Waals surface area contributed by atoms with Gasteiger partial charge in [-0.05, 0) is 24.6 Å². The Morgan fingerprint density at radius 3 is 2.69 bits per heavy atom. The van der Waals surface area contributed by atoms with E-state index in [4.69, 9.17) is 22.4 Å². The molecule has 0 aromatic heterocycles. The second-order valence-electron chi connectivity index (χ2n) is 3.74. The number of rotatable bonds is 4. The lowest BCUT2D eigenvalue weighted by atomic mass is 9.90. The monoisotopic (exact) mass is 245 g/mol. The molecule has 0 amide bonds. The fourth-order valence-corrected chi connectivity index (χ4v) is 1.73. The topological polar surface area (TPSA) is 63.3 Å². The summed E-state index contributed by atoms with van der Waals surface area (Å²) in [5, 5.41) is 8.74. The zero-order valence-corrected chi connectivity index (χ0v) is 9.54. The third kappa shape index (κ3) is 3.18. The summed E-state index contributed by atoms with van der Waals surface area (Å²) < 4.78 is 12.9. The third-order valence-electron chi connectivity index (χ3n) is 2.40. The van der Waals surface area contributed by atoms with Crippen molar-refractivity contribution in [3.63, 3.8) is 0 Å². The molecule has 1 aromatic rings. The van der Waals surface area contributed by atoms with Gasteiger partial charge in [-0.2, -0.15) is 0 Å². The van der Waals surface area contributed by atoms with Crippen molar-refractivity contribution < 1.29 is 14.3 Å². The van der Waals surface area contributed by atoms with Gasteiger partial charge in [0.15, 0.2) is 0 Å². The predicted octanol–water partition coefficient (Wildman–Crippen LogP) is 2.38. The van der Waals surface area contributed by atoms with E-state index in [9.17, 15) is 9.18 Å². The zero-order valence-electron chi connectivity index (χ0n) is 8.78. The summed E-state index contributed by atoms with van der Waals surface area (Å²) in [6, 6.07) is 3.82. The molecule has 3 N–H and O–H groups in total. The maximum atomic E-state index is 12.9. The number of carboxylic acids is 1. The summed E-state index contributed by atoms with van der Waals surface area (Å²) in [7, 11) is 0. The Kier molecular flexibility index (Phi) is 4.26. The van der Waals surface area contributed by atoms with E-state index in [0.29, 0.717) is 5.56 Å². The van der Waals surface area contributed by atoms with Crippen LogP contribution in [0.15, 0.2) is 18.2 Å². The highest BCUT2D eigenvalue weighted by molar-refractivity contribution is 6.30. The Labute approximate surface area is 98.0 Å². The van der Waals surface area contributed by atoms with Crippen LogP contribution >= 0.6 is 11.6 Å². The molecule has 0 spiro atoms. The molecule has 0 saturated heterocycles.